The molecule has 0 aliphatic rings. The summed E-state index contributed by atoms with van der Waals surface area (Å²) in [5.74, 6) is 0. The van der Waals surface area contributed by atoms with E-state index in [2.05, 4.69) is 31.4 Å². The molecule has 1 amide bonds. The van der Waals surface area contributed by atoms with Crippen LogP contribution in [0, 0.1) is 0 Å². The Kier molecular flexibility index (Phi) is 11.3. The monoisotopic (exact) mass is 314 g/mol. The molecule has 0 radical (unpaired) electrons. The Morgan fingerprint density at radius 3 is 2.27 bits per heavy atom. The number of nitrogens with one attached hydrogen (secondary N) is 2. The summed E-state index contributed by atoms with van der Waals surface area (Å²) in [4.78, 5) is 11.8. The van der Waals surface area contributed by atoms with Gasteiger partial charge in [0.1, 0.15) is 5.60 Å². The van der Waals surface area contributed by atoms with Crippen LogP contribution in [0.4, 0.5) is 4.79 Å². The number of hydrogen-bond donors (Lipinski definition) is 2. The summed E-state index contributed by atoms with van der Waals surface area (Å²) in [6, 6.07) is 0.619. The summed E-state index contributed by atoms with van der Waals surface area (Å²) in [6.07, 6.45) is 8.37. The smallest absolute Gasteiger partial charge is 0.407 e. The van der Waals surface area contributed by atoms with Gasteiger partial charge in [-0.25, -0.2) is 4.79 Å². The minimum atomic E-state index is -0.443. The molecule has 0 aromatic carbocycles. The lowest BCUT2D eigenvalue weighted by molar-refractivity contribution is 0.0502. The molecule has 2 unspecified atom stereocenters. The second-order valence-electron chi connectivity index (χ2n) is 7.26. The molecule has 0 saturated heterocycles. The van der Waals surface area contributed by atoms with Gasteiger partial charge >= 0.3 is 6.09 Å². The van der Waals surface area contributed by atoms with Crippen molar-refractivity contribution < 1.29 is 9.53 Å². The Hall–Kier alpha value is -0.770. The van der Waals surface area contributed by atoms with Crippen molar-refractivity contribution in [3.63, 3.8) is 0 Å². The zero-order valence-electron chi connectivity index (χ0n) is 15.6. The first-order valence-corrected chi connectivity index (χ1v) is 9.01. The largest absolute Gasteiger partial charge is 0.444 e. The van der Waals surface area contributed by atoms with E-state index in [1.165, 1.54) is 38.5 Å². The van der Waals surface area contributed by atoms with Gasteiger partial charge in [-0.2, -0.15) is 0 Å². The van der Waals surface area contributed by atoms with E-state index in [9.17, 15) is 4.79 Å². The SMILES string of the molecule is CCCCCCCC(C)NCC(CC)NC(=O)OC(C)(C)C. The number of carbonyl (C=O) groups excluding carboxylic acids is 1. The summed E-state index contributed by atoms with van der Waals surface area (Å²) in [6.45, 7) is 13.0. The highest BCUT2D eigenvalue weighted by Crippen LogP contribution is 2.08. The third-order valence-corrected chi connectivity index (χ3v) is 3.67. The van der Waals surface area contributed by atoms with Crippen LogP contribution in [0.25, 0.3) is 0 Å². The van der Waals surface area contributed by atoms with Crippen LogP contribution in [0.15, 0.2) is 0 Å². The fraction of sp³-hybridized carbons (Fsp3) is 0.944. The van der Waals surface area contributed by atoms with Crippen molar-refractivity contribution in [3.8, 4) is 0 Å². The Bertz CT molecular complexity index is 287. The van der Waals surface area contributed by atoms with E-state index in [0.29, 0.717) is 6.04 Å². The molecule has 0 saturated carbocycles. The molecular weight excluding hydrogens is 276 g/mol. The van der Waals surface area contributed by atoms with Crippen molar-refractivity contribution in [2.75, 3.05) is 6.54 Å². The first-order chi connectivity index (χ1) is 10.3. The van der Waals surface area contributed by atoms with E-state index in [0.717, 1.165) is 13.0 Å². The van der Waals surface area contributed by atoms with E-state index in [4.69, 9.17) is 4.74 Å². The van der Waals surface area contributed by atoms with Gasteiger partial charge in [0.15, 0.2) is 0 Å². The quantitative estimate of drug-likeness (QED) is 0.547. The summed E-state index contributed by atoms with van der Waals surface area (Å²) in [5, 5.41) is 6.46. The number of rotatable bonds is 11. The van der Waals surface area contributed by atoms with Gasteiger partial charge in [0, 0.05) is 18.6 Å². The van der Waals surface area contributed by atoms with Crippen LogP contribution >= 0.6 is 0 Å². The van der Waals surface area contributed by atoms with E-state index in [1.54, 1.807) is 0 Å². The van der Waals surface area contributed by atoms with Gasteiger partial charge < -0.3 is 15.4 Å². The molecule has 0 aliphatic carbocycles. The number of amides is 1. The van der Waals surface area contributed by atoms with E-state index >= 15 is 0 Å². The van der Waals surface area contributed by atoms with E-state index in [1.807, 2.05) is 20.8 Å². The molecule has 0 rings (SSSR count). The molecule has 0 bridgehead atoms. The second-order valence-corrected chi connectivity index (χ2v) is 7.26. The van der Waals surface area contributed by atoms with Crippen molar-refractivity contribution >= 4 is 6.09 Å². The van der Waals surface area contributed by atoms with Crippen molar-refractivity contribution in [2.24, 2.45) is 0 Å². The third-order valence-electron chi connectivity index (χ3n) is 3.67. The molecular formula is C18H38N2O2. The molecule has 22 heavy (non-hydrogen) atoms. The minimum Gasteiger partial charge on any atom is -0.444 e. The Balaban J connectivity index is 3.86. The first-order valence-electron chi connectivity index (χ1n) is 9.01. The van der Waals surface area contributed by atoms with Gasteiger partial charge in [0.25, 0.3) is 0 Å². The van der Waals surface area contributed by atoms with Crippen molar-refractivity contribution in [1.29, 1.82) is 0 Å². The fourth-order valence-electron chi connectivity index (χ4n) is 2.27. The van der Waals surface area contributed by atoms with E-state index < -0.39 is 5.60 Å². The zero-order valence-corrected chi connectivity index (χ0v) is 15.6. The minimum absolute atomic E-state index is 0.123. The number of ether oxygens (including phenoxy) is 1. The highest BCUT2D eigenvalue weighted by Gasteiger charge is 2.18. The number of unbranched alkanes of at least 4 members (excludes halogenated alkanes) is 4. The molecule has 2 atom stereocenters. The van der Waals surface area contributed by atoms with Crippen LogP contribution in [-0.4, -0.2) is 30.3 Å². The van der Waals surface area contributed by atoms with Gasteiger partial charge in [-0.15, -0.1) is 0 Å². The molecule has 0 aliphatic heterocycles. The van der Waals surface area contributed by atoms with Crippen molar-refractivity contribution in [2.45, 2.75) is 104 Å². The van der Waals surface area contributed by atoms with Gasteiger partial charge in [0.2, 0.25) is 0 Å². The van der Waals surface area contributed by atoms with Crippen molar-refractivity contribution in [3.05, 3.63) is 0 Å². The maximum Gasteiger partial charge on any atom is 0.407 e. The van der Waals surface area contributed by atoms with Crippen LogP contribution in [0.1, 0.15) is 86.5 Å². The first kappa shape index (κ1) is 21.2. The standard InChI is InChI=1S/C18H38N2O2/c1-7-9-10-11-12-13-15(3)19-14-16(8-2)20-17(21)22-18(4,5)6/h15-16,19H,7-14H2,1-6H3,(H,20,21). The average molecular weight is 315 g/mol. The van der Waals surface area contributed by atoms with Crippen LogP contribution in [0.5, 0.6) is 0 Å². The molecule has 2 N–H and O–H groups in total. The lowest BCUT2D eigenvalue weighted by Gasteiger charge is -2.24. The van der Waals surface area contributed by atoms with Crippen LogP contribution < -0.4 is 10.6 Å². The van der Waals surface area contributed by atoms with Crippen LogP contribution in [-0.2, 0) is 4.74 Å². The molecule has 0 aromatic rings. The molecule has 4 nitrogen and oxygen atoms in total. The number of carbonyl (C=O) groups is 1. The average Bonchev–Trinajstić information content (AvgIpc) is 2.41. The predicted molar refractivity (Wildman–Crippen MR) is 94.3 cm³/mol. The normalized spacial score (nSPS) is 14.5. The maximum absolute atomic E-state index is 11.8. The van der Waals surface area contributed by atoms with Crippen LogP contribution in [0.3, 0.4) is 0 Å². The van der Waals surface area contributed by atoms with Crippen LogP contribution in [0.2, 0.25) is 0 Å². The molecule has 0 spiro atoms. The molecule has 4 heteroatoms. The highest BCUT2D eigenvalue weighted by molar-refractivity contribution is 5.68. The summed E-state index contributed by atoms with van der Waals surface area (Å²) in [7, 11) is 0. The lowest BCUT2D eigenvalue weighted by Crippen LogP contribution is -2.45. The summed E-state index contributed by atoms with van der Waals surface area (Å²) in [5.41, 5.74) is -0.443. The lowest BCUT2D eigenvalue weighted by atomic mass is 10.1. The Labute approximate surface area is 137 Å². The van der Waals surface area contributed by atoms with E-state index in [-0.39, 0.29) is 12.1 Å². The molecule has 0 aromatic heterocycles. The third kappa shape index (κ3) is 12.9. The van der Waals surface area contributed by atoms with Gasteiger partial charge in [-0.1, -0.05) is 46.0 Å². The van der Waals surface area contributed by atoms with Gasteiger partial charge in [-0.3, -0.25) is 0 Å². The topological polar surface area (TPSA) is 50.4 Å². The Morgan fingerprint density at radius 1 is 1.09 bits per heavy atom. The summed E-state index contributed by atoms with van der Waals surface area (Å²) < 4.78 is 5.30. The second kappa shape index (κ2) is 11.8. The predicted octanol–water partition coefficient (Wildman–Crippen LogP) is 4.63. The number of alkyl carbamates (subject to hydrolysis) is 1. The van der Waals surface area contributed by atoms with Gasteiger partial charge in [0.05, 0.1) is 0 Å². The van der Waals surface area contributed by atoms with Gasteiger partial charge in [-0.05, 0) is 40.5 Å². The zero-order chi connectivity index (χ0) is 17.0. The summed E-state index contributed by atoms with van der Waals surface area (Å²) >= 11 is 0. The fourth-order valence-corrected chi connectivity index (χ4v) is 2.27. The number of hydrogen-bond acceptors (Lipinski definition) is 3. The molecule has 0 fully saturated rings. The highest BCUT2D eigenvalue weighted by atomic mass is 16.6. The molecule has 0 heterocycles. The molecule has 132 valence electrons. The van der Waals surface area contributed by atoms with Crippen molar-refractivity contribution in [1.82, 2.24) is 10.6 Å². The maximum atomic E-state index is 11.8. The Morgan fingerprint density at radius 2 is 1.73 bits per heavy atom.